The molecule has 1 atom stereocenters. The van der Waals surface area contributed by atoms with E-state index in [1.54, 1.807) is 6.07 Å². The Bertz CT molecular complexity index is 552. The van der Waals surface area contributed by atoms with Crippen LogP contribution in [0.15, 0.2) is 18.2 Å². The molecular weight excluding hydrogens is 271 g/mol. The van der Waals surface area contributed by atoms with Crippen LogP contribution in [-0.4, -0.2) is 36.5 Å². The van der Waals surface area contributed by atoms with Gasteiger partial charge in [0.05, 0.1) is 11.5 Å². The molecule has 0 spiro atoms. The van der Waals surface area contributed by atoms with Crippen molar-refractivity contribution in [3.05, 3.63) is 29.6 Å². The Labute approximate surface area is 124 Å². The summed E-state index contributed by atoms with van der Waals surface area (Å²) in [7, 11) is 1.84. The van der Waals surface area contributed by atoms with E-state index < -0.39 is 0 Å². The first-order valence-electron chi connectivity index (χ1n) is 7.45. The van der Waals surface area contributed by atoms with E-state index in [1.165, 1.54) is 12.1 Å². The standard InChI is InChI=1S/C16H21FN2O2/c1-19(16(10-18)5-2-6-16)15(20)12-7-11-3-4-13(17)8-14(11)21-9-12/h3-4,8,12H,2,5-7,9-10,18H2,1H3. The lowest BCUT2D eigenvalue weighted by molar-refractivity contribution is -0.144. The number of hydrogen-bond donors (Lipinski definition) is 1. The normalized spacial score (nSPS) is 22.7. The Morgan fingerprint density at radius 3 is 2.90 bits per heavy atom. The number of ether oxygens (including phenoxy) is 1. The van der Waals surface area contributed by atoms with Gasteiger partial charge in [-0.3, -0.25) is 4.79 Å². The third kappa shape index (κ3) is 2.39. The van der Waals surface area contributed by atoms with Crippen molar-refractivity contribution in [1.82, 2.24) is 4.90 Å². The molecule has 2 N–H and O–H groups in total. The van der Waals surface area contributed by atoms with E-state index in [-0.39, 0.29) is 23.2 Å². The van der Waals surface area contributed by atoms with Crippen molar-refractivity contribution in [1.29, 1.82) is 0 Å². The van der Waals surface area contributed by atoms with E-state index in [9.17, 15) is 9.18 Å². The molecule has 0 radical (unpaired) electrons. The van der Waals surface area contributed by atoms with Gasteiger partial charge in [-0.25, -0.2) is 4.39 Å². The third-order valence-electron chi connectivity index (χ3n) is 4.99. The Morgan fingerprint density at radius 2 is 2.29 bits per heavy atom. The molecule has 3 rings (SSSR count). The van der Waals surface area contributed by atoms with Gasteiger partial charge in [0.1, 0.15) is 18.2 Å². The SMILES string of the molecule is CN(C(=O)C1COc2cc(F)ccc2C1)C1(CN)CCC1. The van der Waals surface area contributed by atoms with E-state index in [4.69, 9.17) is 10.5 Å². The first kappa shape index (κ1) is 14.3. The summed E-state index contributed by atoms with van der Waals surface area (Å²) in [5, 5.41) is 0. The number of likely N-dealkylation sites (N-methyl/N-ethyl adjacent to an activating group) is 1. The van der Waals surface area contributed by atoms with Crippen molar-refractivity contribution in [2.45, 2.75) is 31.2 Å². The monoisotopic (exact) mass is 292 g/mol. The lowest BCUT2D eigenvalue weighted by atomic mass is 9.75. The van der Waals surface area contributed by atoms with Gasteiger partial charge < -0.3 is 15.4 Å². The number of rotatable bonds is 3. The maximum Gasteiger partial charge on any atom is 0.229 e. The van der Waals surface area contributed by atoms with E-state index in [0.29, 0.717) is 25.3 Å². The number of nitrogens with two attached hydrogens (primary N) is 1. The molecule has 1 amide bonds. The first-order chi connectivity index (χ1) is 10.1. The van der Waals surface area contributed by atoms with E-state index in [1.807, 2.05) is 11.9 Å². The number of fused-ring (bicyclic) bond motifs is 1. The molecule has 2 aliphatic rings. The van der Waals surface area contributed by atoms with Crippen LogP contribution in [0.3, 0.4) is 0 Å². The quantitative estimate of drug-likeness (QED) is 0.923. The van der Waals surface area contributed by atoms with Crippen molar-refractivity contribution in [2.75, 3.05) is 20.2 Å². The first-order valence-corrected chi connectivity index (χ1v) is 7.45. The van der Waals surface area contributed by atoms with Crippen LogP contribution < -0.4 is 10.5 Å². The second-order valence-electron chi connectivity index (χ2n) is 6.14. The van der Waals surface area contributed by atoms with Crippen LogP contribution in [0.25, 0.3) is 0 Å². The maximum absolute atomic E-state index is 13.2. The average molecular weight is 292 g/mol. The van der Waals surface area contributed by atoms with Crippen molar-refractivity contribution in [2.24, 2.45) is 11.7 Å². The lowest BCUT2D eigenvalue weighted by Crippen LogP contribution is -2.60. The lowest BCUT2D eigenvalue weighted by Gasteiger charge is -2.49. The van der Waals surface area contributed by atoms with Crippen LogP contribution in [0.5, 0.6) is 5.75 Å². The smallest absolute Gasteiger partial charge is 0.229 e. The molecule has 114 valence electrons. The van der Waals surface area contributed by atoms with Crippen molar-refractivity contribution < 1.29 is 13.9 Å². The second-order valence-corrected chi connectivity index (χ2v) is 6.14. The zero-order chi connectivity index (χ0) is 15.0. The predicted molar refractivity (Wildman–Crippen MR) is 77.5 cm³/mol. The van der Waals surface area contributed by atoms with Crippen LogP contribution in [0, 0.1) is 11.7 Å². The molecule has 0 saturated heterocycles. The Balaban J connectivity index is 1.73. The number of nitrogens with zero attached hydrogens (tertiary/aromatic N) is 1. The molecule has 1 heterocycles. The van der Waals surface area contributed by atoms with Crippen molar-refractivity contribution in [3.8, 4) is 5.75 Å². The van der Waals surface area contributed by atoms with Crippen LogP contribution in [-0.2, 0) is 11.2 Å². The van der Waals surface area contributed by atoms with Crippen LogP contribution in [0.4, 0.5) is 4.39 Å². The summed E-state index contributed by atoms with van der Waals surface area (Å²) < 4.78 is 18.7. The highest BCUT2D eigenvalue weighted by molar-refractivity contribution is 5.80. The summed E-state index contributed by atoms with van der Waals surface area (Å²) in [4.78, 5) is 14.5. The van der Waals surface area contributed by atoms with Gasteiger partial charge in [-0.05, 0) is 37.3 Å². The van der Waals surface area contributed by atoms with Crippen molar-refractivity contribution in [3.63, 3.8) is 0 Å². The molecule has 1 aliphatic carbocycles. The zero-order valence-electron chi connectivity index (χ0n) is 12.3. The van der Waals surface area contributed by atoms with Crippen LogP contribution in [0.2, 0.25) is 0 Å². The highest BCUT2D eigenvalue weighted by Crippen LogP contribution is 2.37. The van der Waals surface area contributed by atoms with Crippen LogP contribution in [0.1, 0.15) is 24.8 Å². The Morgan fingerprint density at radius 1 is 1.52 bits per heavy atom. The van der Waals surface area contributed by atoms with Gasteiger partial charge in [-0.1, -0.05) is 6.07 Å². The van der Waals surface area contributed by atoms with Crippen LogP contribution >= 0.6 is 0 Å². The maximum atomic E-state index is 13.2. The minimum absolute atomic E-state index is 0.0788. The van der Waals surface area contributed by atoms with Crippen molar-refractivity contribution >= 4 is 5.91 Å². The summed E-state index contributed by atoms with van der Waals surface area (Å²) in [6.07, 6.45) is 3.67. The molecule has 1 fully saturated rings. The molecule has 1 aromatic carbocycles. The fourth-order valence-electron chi connectivity index (χ4n) is 3.27. The minimum atomic E-state index is -0.313. The molecule has 1 aromatic rings. The highest BCUT2D eigenvalue weighted by atomic mass is 19.1. The molecule has 1 unspecified atom stereocenters. The molecular formula is C16H21FN2O2. The molecule has 1 saturated carbocycles. The summed E-state index contributed by atoms with van der Waals surface area (Å²) in [6, 6.07) is 4.49. The molecule has 5 heteroatoms. The van der Waals surface area contributed by atoms with E-state index in [2.05, 4.69) is 0 Å². The number of benzene rings is 1. The number of carbonyl (C=O) groups is 1. The molecule has 4 nitrogen and oxygen atoms in total. The largest absolute Gasteiger partial charge is 0.492 e. The molecule has 0 aromatic heterocycles. The van der Waals surface area contributed by atoms with E-state index in [0.717, 1.165) is 24.8 Å². The fraction of sp³-hybridized carbons (Fsp3) is 0.562. The average Bonchev–Trinajstić information content (AvgIpc) is 2.45. The molecule has 0 bridgehead atoms. The topological polar surface area (TPSA) is 55.6 Å². The van der Waals surface area contributed by atoms with E-state index >= 15 is 0 Å². The highest BCUT2D eigenvalue weighted by Gasteiger charge is 2.43. The number of hydrogen-bond acceptors (Lipinski definition) is 3. The summed E-state index contributed by atoms with van der Waals surface area (Å²) >= 11 is 0. The molecule has 1 aliphatic heterocycles. The summed E-state index contributed by atoms with van der Waals surface area (Å²) in [6.45, 7) is 0.810. The fourth-order valence-corrected chi connectivity index (χ4v) is 3.27. The van der Waals surface area contributed by atoms with Gasteiger partial charge in [-0.2, -0.15) is 0 Å². The van der Waals surface area contributed by atoms with Gasteiger partial charge in [0.2, 0.25) is 5.91 Å². The summed E-state index contributed by atoms with van der Waals surface area (Å²) in [5.41, 5.74) is 6.59. The molecule has 21 heavy (non-hydrogen) atoms. The Hall–Kier alpha value is -1.62. The number of amides is 1. The summed E-state index contributed by atoms with van der Waals surface area (Å²) in [5.74, 6) is 0.109. The third-order valence-corrected chi connectivity index (χ3v) is 4.99. The van der Waals surface area contributed by atoms with Gasteiger partial charge in [0.15, 0.2) is 0 Å². The number of carbonyl (C=O) groups excluding carboxylic acids is 1. The minimum Gasteiger partial charge on any atom is -0.492 e. The Kier molecular flexibility index (Phi) is 3.61. The van der Waals surface area contributed by atoms with Gasteiger partial charge in [0, 0.05) is 19.7 Å². The zero-order valence-corrected chi connectivity index (χ0v) is 12.3. The van der Waals surface area contributed by atoms with Gasteiger partial charge in [-0.15, -0.1) is 0 Å². The second kappa shape index (κ2) is 5.30. The number of halogens is 1. The van der Waals surface area contributed by atoms with Gasteiger partial charge in [0.25, 0.3) is 0 Å². The van der Waals surface area contributed by atoms with Gasteiger partial charge >= 0.3 is 0 Å². The predicted octanol–water partition coefficient (Wildman–Crippen LogP) is 1.72.